The molecule has 4 heteroatoms. The van der Waals surface area contributed by atoms with E-state index in [2.05, 4.69) is 24.1 Å². The van der Waals surface area contributed by atoms with E-state index >= 15 is 0 Å². The molecule has 2 rings (SSSR count). The van der Waals surface area contributed by atoms with Crippen LogP contribution in [-0.2, 0) is 4.79 Å². The van der Waals surface area contributed by atoms with Crippen molar-refractivity contribution >= 4 is 5.91 Å². The van der Waals surface area contributed by atoms with E-state index in [9.17, 15) is 4.79 Å². The van der Waals surface area contributed by atoms with Gasteiger partial charge in [-0.1, -0.05) is 6.42 Å². The van der Waals surface area contributed by atoms with Crippen LogP contribution in [-0.4, -0.2) is 60.5 Å². The summed E-state index contributed by atoms with van der Waals surface area (Å²) in [4.78, 5) is 16.6. The van der Waals surface area contributed by atoms with Crippen molar-refractivity contribution in [1.29, 1.82) is 0 Å². The van der Waals surface area contributed by atoms with Crippen LogP contribution >= 0.6 is 0 Å². The number of nitrogens with zero attached hydrogens (tertiary/aromatic N) is 2. The summed E-state index contributed by atoms with van der Waals surface area (Å²) < 4.78 is 0. The number of carbonyl (C=O) groups excluding carboxylic acids is 1. The van der Waals surface area contributed by atoms with Gasteiger partial charge in [0.15, 0.2) is 0 Å². The Bertz CT molecular complexity index is 307. The van der Waals surface area contributed by atoms with Crippen molar-refractivity contribution < 1.29 is 4.79 Å². The van der Waals surface area contributed by atoms with E-state index in [1.54, 1.807) is 0 Å². The SMILES string of the molecule is CCN(CC)C(=O)CCCN(CC1CCCCN1)C1CC1. The highest BCUT2D eigenvalue weighted by molar-refractivity contribution is 5.76. The van der Waals surface area contributed by atoms with Crippen molar-refractivity contribution in [2.45, 2.75) is 70.9 Å². The molecule has 21 heavy (non-hydrogen) atoms. The van der Waals surface area contributed by atoms with Crippen molar-refractivity contribution in [2.24, 2.45) is 0 Å². The lowest BCUT2D eigenvalue weighted by atomic mass is 10.0. The van der Waals surface area contributed by atoms with E-state index in [0.29, 0.717) is 18.4 Å². The van der Waals surface area contributed by atoms with Gasteiger partial charge in [0.05, 0.1) is 0 Å². The monoisotopic (exact) mass is 295 g/mol. The summed E-state index contributed by atoms with van der Waals surface area (Å²) in [7, 11) is 0. The number of hydrogen-bond donors (Lipinski definition) is 1. The van der Waals surface area contributed by atoms with E-state index in [0.717, 1.165) is 32.1 Å². The zero-order chi connectivity index (χ0) is 15.1. The van der Waals surface area contributed by atoms with Gasteiger partial charge in [0.2, 0.25) is 5.91 Å². The third-order valence-corrected chi connectivity index (χ3v) is 4.88. The molecule has 1 aliphatic carbocycles. The van der Waals surface area contributed by atoms with E-state index in [1.807, 2.05) is 4.90 Å². The van der Waals surface area contributed by atoms with Gasteiger partial charge >= 0.3 is 0 Å². The molecule has 1 heterocycles. The van der Waals surface area contributed by atoms with Gasteiger partial charge in [0, 0.05) is 38.1 Å². The lowest BCUT2D eigenvalue weighted by Gasteiger charge is -2.30. The van der Waals surface area contributed by atoms with Gasteiger partial charge in [-0.15, -0.1) is 0 Å². The molecule has 1 atom stereocenters. The van der Waals surface area contributed by atoms with Crippen molar-refractivity contribution in [1.82, 2.24) is 15.1 Å². The Balaban J connectivity index is 1.69. The minimum absolute atomic E-state index is 0.325. The minimum atomic E-state index is 0.325. The van der Waals surface area contributed by atoms with Crippen LogP contribution in [0.5, 0.6) is 0 Å². The third kappa shape index (κ3) is 5.59. The maximum absolute atomic E-state index is 12.1. The van der Waals surface area contributed by atoms with Gasteiger partial charge in [0.1, 0.15) is 0 Å². The topological polar surface area (TPSA) is 35.6 Å². The fraction of sp³-hybridized carbons (Fsp3) is 0.941. The van der Waals surface area contributed by atoms with Crippen LogP contribution in [0.2, 0.25) is 0 Å². The molecule has 0 bridgehead atoms. The van der Waals surface area contributed by atoms with Crippen LogP contribution < -0.4 is 5.32 Å². The van der Waals surface area contributed by atoms with Gasteiger partial charge in [-0.25, -0.2) is 0 Å². The van der Waals surface area contributed by atoms with Gasteiger partial charge in [0.25, 0.3) is 0 Å². The first-order chi connectivity index (χ1) is 10.2. The maximum atomic E-state index is 12.1. The molecule has 1 amide bonds. The fourth-order valence-electron chi connectivity index (χ4n) is 3.39. The molecular weight excluding hydrogens is 262 g/mol. The predicted octanol–water partition coefficient (Wildman–Crippen LogP) is 2.24. The molecule has 2 fully saturated rings. The summed E-state index contributed by atoms with van der Waals surface area (Å²) in [6, 6.07) is 1.48. The summed E-state index contributed by atoms with van der Waals surface area (Å²) >= 11 is 0. The van der Waals surface area contributed by atoms with Crippen molar-refractivity contribution in [3.63, 3.8) is 0 Å². The van der Waals surface area contributed by atoms with Crippen LogP contribution in [0, 0.1) is 0 Å². The highest BCUT2D eigenvalue weighted by Gasteiger charge is 2.30. The molecule has 1 N–H and O–H groups in total. The van der Waals surface area contributed by atoms with Crippen LogP contribution in [0.15, 0.2) is 0 Å². The molecule has 1 aliphatic heterocycles. The normalized spacial score (nSPS) is 22.5. The summed E-state index contributed by atoms with van der Waals surface area (Å²) in [5.74, 6) is 0.325. The lowest BCUT2D eigenvalue weighted by Crippen LogP contribution is -2.44. The number of piperidine rings is 1. The molecule has 0 aromatic rings. The van der Waals surface area contributed by atoms with Gasteiger partial charge in [-0.3, -0.25) is 9.69 Å². The summed E-state index contributed by atoms with van der Waals surface area (Å²) in [5.41, 5.74) is 0. The molecule has 4 nitrogen and oxygen atoms in total. The van der Waals surface area contributed by atoms with Gasteiger partial charge < -0.3 is 10.2 Å². The smallest absolute Gasteiger partial charge is 0.222 e. The number of carbonyl (C=O) groups is 1. The fourth-order valence-corrected chi connectivity index (χ4v) is 3.39. The zero-order valence-corrected chi connectivity index (χ0v) is 13.9. The van der Waals surface area contributed by atoms with Crippen LogP contribution in [0.3, 0.4) is 0 Å². The van der Waals surface area contributed by atoms with E-state index in [-0.39, 0.29) is 0 Å². The Labute approximate surface area is 130 Å². The second kappa shape index (κ2) is 8.74. The quantitative estimate of drug-likeness (QED) is 0.708. The lowest BCUT2D eigenvalue weighted by molar-refractivity contribution is -0.131. The standard InChI is InChI=1S/C17H33N3O/c1-3-19(4-2)17(21)9-7-13-20(16-10-11-16)14-15-8-5-6-12-18-15/h15-16,18H,3-14H2,1-2H3. The molecular formula is C17H33N3O. The Morgan fingerprint density at radius 3 is 2.48 bits per heavy atom. The second-order valence-corrected chi connectivity index (χ2v) is 6.54. The number of nitrogens with one attached hydrogen (secondary N) is 1. The van der Waals surface area contributed by atoms with Crippen molar-refractivity contribution in [2.75, 3.05) is 32.7 Å². The van der Waals surface area contributed by atoms with Gasteiger partial charge in [-0.05, 0) is 59.0 Å². The van der Waals surface area contributed by atoms with E-state index < -0.39 is 0 Å². The average Bonchev–Trinajstić information content (AvgIpc) is 3.33. The van der Waals surface area contributed by atoms with Crippen molar-refractivity contribution in [3.8, 4) is 0 Å². The molecule has 0 aromatic carbocycles. The highest BCUT2D eigenvalue weighted by Crippen LogP contribution is 2.28. The largest absolute Gasteiger partial charge is 0.343 e. The van der Waals surface area contributed by atoms with Crippen LogP contribution in [0.4, 0.5) is 0 Å². The molecule has 1 unspecified atom stereocenters. The Morgan fingerprint density at radius 2 is 1.90 bits per heavy atom. The maximum Gasteiger partial charge on any atom is 0.222 e. The molecule has 0 radical (unpaired) electrons. The first-order valence-corrected chi connectivity index (χ1v) is 8.99. The van der Waals surface area contributed by atoms with Crippen LogP contribution in [0.25, 0.3) is 0 Å². The molecule has 0 aromatic heterocycles. The van der Waals surface area contributed by atoms with E-state index in [1.165, 1.54) is 45.2 Å². The number of rotatable bonds is 9. The number of amides is 1. The highest BCUT2D eigenvalue weighted by atomic mass is 16.2. The third-order valence-electron chi connectivity index (χ3n) is 4.88. The van der Waals surface area contributed by atoms with Crippen LogP contribution in [0.1, 0.15) is 58.8 Å². The Hall–Kier alpha value is -0.610. The minimum Gasteiger partial charge on any atom is -0.343 e. The Kier molecular flexibility index (Phi) is 6.97. The summed E-state index contributed by atoms with van der Waals surface area (Å²) in [6.07, 6.45) is 8.46. The molecule has 2 aliphatic rings. The van der Waals surface area contributed by atoms with Gasteiger partial charge in [-0.2, -0.15) is 0 Å². The summed E-state index contributed by atoms with van der Waals surface area (Å²) in [6.45, 7) is 9.27. The molecule has 122 valence electrons. The zero-order valence-electron chi connectivity index (χ0n) is 13.9. The molecule has 1 saturated carbocycles. The molecule has 1 saturated heterocycles. The van der Waals surface area contributed by atoms with E-state index in [4.69, 9.17) is 0 Å². The first-order valence-electron chi connectivity index (χ1n) is 8.99. The first kappa shape index (κ1) is 16.8. The number of hydrogen-bond acceptors (Lipinski definition) is 3. The van der Waals surface area contributed by atoms with Crippen molar-refractivity contribution in [3.05, 3.63) is 0 Å². The Morgan fingerprint density at radius 1 is 1.14 bits per heavy atom. The summed E-state index contributed by atoms with van der Waals surface area (Å²) in [5, 5.41) is 3.65. The predicted molar refractivity (Wildman–Crippen MR) is 87.4 cm³/mol. The second-order valence-electron chi connectivity index (χ2n) is 6.54. The molecule has 0 spiro atoms. The average molecular weight is 295 g/mol.